The van der Waals surface area contributed by atoms with Gasteiger partial charge in [-0.05, 0) is 24.5 Å². The van der Waals surface area contributed by atoms with E-state index in [1.54, 1.807) is 13.8 Å². The zero-order valence-corrected chi connectivity index (χ0v) is 12.0. The van der Waals surface area contributed by atoms with Crippen LogP contribution in [0.15, 0.2) is 24.3 Å². The van der Waals surface area contributed by atoms with E-state index >= 15 is 0 Å². The maximum atomic E-state index is 11.4. The molecule has 0 aliphatic carbocycles. The molecule has 0 heterocycles. The van der Waals surface area contributed by atoms with Gasteiger partial charge in [0.25, 0.3) is 0 Å². The quantitative estimate of drug-likeness (QED) is 0.546. The Bertz CT molecular complexity index is 263. The molecule has 1 aromatic carbocycles. The summed E-state index contributed by atoms with van der Waals surface area (Å²) in [5.74, 6) is 0. The average molecular weight is 202 g/mol. The van der Waals surface area contributed by atoms with Gasteiger partial charge < -0.3 is 5.11 Å². The van der Waals surface area contributed by atoms with Gasteiger partial charge in [0, 0.05) is 0 Å². The van der Waals surface area contributed by atoms with Crippen LogP contribution in [0.1, 0.15) is 25.0 Å². The van der Waals surface area contributed by atoms with Crippen LogP contribution >= 0.6 is 0 Å². The molecule has 66 valence electrons. The van der Waals surface area contributed by atoms with Crippen LogP contribution in [-0.2, 0) is 6.42 Å². The van der Waals surface area contributed by atoms with Gasteiger partial charge in [-0.3, -0.25) is 0 Å². The first kappa shape index (κ1) is 13.8. The third-order valence-electron chi connectivity index (χ3n) is 1.88. The summed E-state index contributed by atoms with van der Waals surface area (Å²) in [6, 6.07) is 8.04. The summed E-state index contributed by atoms with van der Waals surface area (Å²) in [6.45, 7) is 5.49. The zero-order chi connectivity index (χ0) is 9.19. The third kappa shape index (κ3) is 5.30. The molecule has 0 bridgehead atoms. The Hall–Kier alpha value is 0.816. The molecule has 0 amide bonds. The Balaban J connectivity index is 0.00000144. The number of hydrogen-bond acceptors (Lipinski definition) is 1. The SMILES string of the molecule is Cc1ccccc1CC(C)(C)[O-].[K+]. The Kier molecular flexibility index (Phi) is 5.99. The molecule has 0 atom stereocenters. The van der Waals surface area contributed by atoms with Crippen molar-refractivity contribution in [1.29, 1.82) is 0 Å². The van der Waals surface area contributed by atoms with E-state index < -0.39 is 5.60 Å². The molecule has 1 rings (SSSR count). The number of aryl methyl sites for hydroxylation is 1. The molecule has 0 unspecified atom stereocenters. The molecule has 1 nitrogen and oxygen atoms in total. The monoisotopic (exact) mass is 202 g/mol. The molecule has 0 aliphatic rings. The van der Waals surface area contributed by atoms with E-state index in [0.717, 1.165) is 5.56 Å². The summed E-state index contributed by atoms with van der Waals surface area (Å²) in [7, 11) is 0. The van der Waals surface area contributed by atoms with Crippen LogP contribution in [0.25, 0.3) is 0 Å². The topological polar surface area (TPSA) is 23.1 Å². The summed E-state index contributed by atoms with van der Waals surface area (Å²) in [6.07, 6.45) is 0.611. The van der Waals surface area contributed by atoms with Gasteiger partial charge in [-0.1, -0.05) is 38.1 Å². The maximum Gasteiger partial charge on any atom is 1.00 e. The first-order valence-corrected chi connectivity index (χ1v) is 4.24. The molecule has 0 saturated carbocycles. The predicted octanol–water partition coefficient (Wildman–Crippen LogP) is -1.32. The minimum atomic E-state index is -0.855. The molecular weight excluding hydrogens is 187 g/mol. The van der Waals surface area contributed by atoms with Crippen LogP contribution in [0, 0.1) is 6.92 Å². The minimum absolute atomic E-state index is 0. The van der Waals surface area contributed by atoms with Crippen molar-refractivity contribution in [3.63, 3.8) is 0 Å². The van der Waals surface area contributed by atoms with Crippen molar-refractivity contribution >= 4 is 0 Å². The second-order valence-electron chi connectivity index (χ2n) is 3.86. The van der Waals surface area contributed by atoms with E-state index in [1.165, 1.54) is 5.56 Å². The molecule has 0 spiro atoms. The van der Waals surface area contributed by atoms with E-state index in [0.29, 0.717) is 6.42 Å². The summed E-state index contributed by atoms with van der Waals surface area (Å²) in [5.41, 5.74) is 1.52. The van der Waals surface area contributed by atoms with E-state index in [1.807, 2.05) is 31.2 Å². The summed E-state index contributed by atoms with van der Waals surface area (Å²) in [4.78, 5) is 0. The molecule has 2 heteroatoms. The minimum Gasteiger partial charge on any atom is -0.850 e. The van der Waals surface area contributed by atoms with Crippen molar-refractivity contribution in [3.8, 4) is 0 Å². The predicted molar refractivity (Wildman–Crippen MR) is 49.0 cm³/mol. The Morgan fingerprint density at radius 3 is 2.23 bits per heavy atom. The molecule has 0 aromatic heterocycles. The first-order valence-electron chi connectivity index (χ1n) is 4.24. The van der Waals surface area contributed by atoms with E-state index in [4.69, 9.17) is 0 Å². The van der Waals surface area contributed by atoms with Crippen LogP contribution in [0.5, 0.6) is 0 Å². The number of rotatable bonds is 2. The van der Waals surface area contributed by atoms with Crippen LogP contribution in [0.4, 0.5) is 0 Å². The standard InChI is InChI=1S/C11H15O.K/c1-9-6-4-5-7-10(9)8-11(2,3)12;/h4-7H,8H2,1-3H3;/q-1;+1. The smallest absolute Gasteiger partial charge is 0.850 e. The summed E-state index contributed by atoms with van der Waals surface area (Å²) < 4.78 is 0. The zero-order valence-electron chi connectivity index (χ0n) is 8.92. The summed E-state index contributed by atoms with van der Waals surface area (Å²) in [5, 5.41) is 11.4. The van der Waals surface area contributed by atoms with Gasteiger partial charge in [-0.25, -0.2) is 0 Å². The van der Waals surface area contributed by atoms with Crippen molar-refractivity contribution in [2.45, 2.75) is 32.8 Å². The van der Waals surface area contributed by atoms with Crippen LogP contribution in [-0.4, -0.2) is 5.60 Å². The van der Waals surface area contributed by atoms with Crippen LogP contribution in [0.3, 0.4) is 0 Å². The molecule has 0 radical (unpaired) electrons. The normalized spacial score (nSPS) is 10.8. The largest absolute Gasteiger partial charge is 1.00 e. The average Bonchev–Trinajstić information content (AvgIpc) is 1.91. The fraction of sp³-hybridized carbons (Fsp3) is 0.455. The molecule has 0 N–H and O–H groups in total. The second-order valence-corrected chi connectivity index (χ2v) is 3.86. The van der Waals surface area contributed by atoms with Crippen molar-refractivity contribution in [3.05, 3.63) is 35.4 Å². The second kappa shape index (κ2) is 5.64. The third-order valence-corrected chi connectivity index (χ3v) is 1.88. The Morgan fingerprint density at radius 1 is 1.23 bits per heavy atom. The van der Waals surface area contributed by atoms with Gasteiger partial charge in [0.05, 0.1) is 0 Å². The Labute approximate surface area is 123 Å². The molecule has 0 aliphatic heterocycles. The van der Waals surface area contributed by atoms with Gasteiger partial charge in [-0.2, -0.15) is 0 Å². The fourth-order valence-electron chi connectivity index (χ4n) is 1.27. The molecular formula is C11H15KO. The van der Waals surface area contributed by atoms with Gasteiger partial charge in [0.1, 0.15) is 0 Å². The van der Waals surface area contributed by atoms with Crippen LogP contribution < -0.4 is 56.5 Å². The van der Waals surface area contributed by atoms with Gasteiger partial charge in [0.15, 0.2) is 0 Å². The van der Waals surface area contributed by atoms with Gasteiger partial charge in [-0.15, -0.1) is 5.60 Å². The molecule has 0 saturated heterocycles. The van der Waals surface area contributed by atoms with E-state index in [-0.39, 0.29) is 51.4 Å². The van der Waals surface area contributed by atoms with Crippen molar-refractivity contribution in [2.75, 3.05) is 0 Å². The Morgan fingerprint density at radius 2 is 1.77 bits per heavy atom. The van der Waals surface area contributed by atoms with E-state index in [2.05, 4.69) is 0 Å². The van der Waals surface area contributed by atoms with Crippen LogP contribution in [0.2, 0.25) is 0 Å². The maximum absolute atomic E-state index is 11.4. The number of benzene rings is 1. The van der Waals surface area contributed by atoms with Crippen molar-refractivity contribution in [1.82, 2.24) is 0 Å². The van der Waals surface area contributed by atoms with Crippen molar-refractivity contribution < 1.29 is 56.5 Å². The fourth-order valence-corrected chi connectivity index (χ4v) is 1.27. The van der Waals surface area contributed by atoms with Crippen molar-refractivity contribution in [2.24, 2.45) is 0 Å². The van der Waals surface area contributed by atoms with Gasteiger partial charge in [0.2, 0.25) is 0 Å². The summed E-state index contributed by atoms with van der Waals surface area (Å²) >= 11 is 0. The van der Waals surface area contributed by atoms with Gasteiger partial charge >= 0.3 is 51.4 Å². The number of hydrogen-bond donors (Lipinski definition) is 0. The molecule has 1 aromatic rings. The molecule has 13 heavy (non-hydrogen) atoms. The van der Waals surface area contributed by atoms with E-state index in [9.17, 15) is 5.11 Å². The first-order chi connectivity index (χ1) is 5.49. The molecule has 0 fully saturated rings.